The lowest BCUT2D eigenvalue weighted by Gasteiger charge is -2.23. The van der Waals surface area contributed by atoms with Crippen molar-refractivity contribution in [2.24, 2.45) is 5.92 Å². The molecule has 1 fully saturated rings. The molecule has 1 unspecified atom stereocenters. The second-order valence-electron chi connectivity index (χ2n) is 5.76. The third-order valence-electron chi connectivity index (χ3n) is 3.78. The Bertz CT molecular complexity index is 518. The van der Waals surface area contributed by atoms with Gasteiger partial charge in [-0.15, -0.1) is 0 Å². The first-order valence-electron chi connectivity index (χ1n) is 7.34. The average molecular weight is 294 g/mol. The number of hydrogen-bond acceptors (Lipinski definition) is 4. The van der Waals surface area contributed by atoms with Gasteiger partial charge in [0.2, 0.25) is 0 Å². The van der Waals surface area contributed by atoms with Crippen molar-refractivity contribution in [3.05, 3.63) is 28.1 Å². The topological polar surface area (TPSA) is 89.2 Å². The summed E-state index contributed by atoms with van der Waals surface area (Å²) in [4.78, 5) is 22.7. The summed E-state index contributed by atoms with van der Waals surface area (Å²) in [6.45, 7) is 6.33. The number of aromatic nitrogens is 1. The van der Waals surface area contributed by atoms with E-state index in [-0.39, 0.29) is 17.6 Å². The molecule has 0 aromatic carbocycles. The van der Waals surface area contributed by atoms with Crippen LogP contribution in [0.15, 0.2) is 12.3 Å². The molecular weight excluding hydrogens is 272 g/mol. The van der Waals surface area contributed by atoms with Gasteiger partial charge in [0.1, 0.15) is 5.69 Å². The summed E-state index contributed by atoms with van der Waals surface area (Å²) in [7, 11) is 0. The molecule has 0 spiro atoms. The molecule has 1 aromatic rings. The van der Waals surface area contributed by atoms with Gasteiger partial charge in [-0.25, -0.2) is 0 Å². The average Bonchev–Trinajstić information content (AvgIpc) is 2.91. The third-order valence-corrected chi connectivity index (χ3v) is 3.78. The largest absolute Gasteiger partial charge is 0.350 e. The van der Waals surface area contributed by atoms with E-state index in [4.69, 9.17) is 0 Å². The van der Waals surface area contributed by atoms with Crippen molar-refractivity contribution in [1.29, 1.82) is 0 Å². The van der Waals surface area contributed by atoms with Crippen LogP contribution in [-0.2, 0) is 0 Å². The number of carbonyl (C=O) groups excluding carboxylic acids is 1. The lowest BCUT2D eigenvalue weighted by Crippen LogP contribution is -2.38. The van der Waals surface area contributed by atoms with Crippen LogP contribution in [0.3, 0.4) is 0 Å². The molecule has 2 rings (SSSR count). The van der Waals surface area contributed by atoms with E-state index in [1.54, 1.807) is 4.57 Å². The van der Waals surface area contributed by atoms with Gasteiger partial charge in [-0.1, -0.05) is 0 Å². The number of nitro groups is 1. The first-order chi connectivity index (χ1) is 9.99. The zero-order valence-electron chi connectivity index (χ0n) is 12.5. The van der Waals surface area contributed by atoms with Crippen LogP contribution in [0.1, 0.15) is 43.2 Å². The van der Waals surface area contributed by atoms with Crippen LogP contribution in [-0.4, -0.2) is 35.0 Å². The number of nitrogens with one attached hydrogen (secondary N) is 2. The Labute approximate surface area is 123 Å². The maximum atomic E-state index is 12.3. The van der Waals surface area contributed by atoms with E-state index in [0.717, 1.165) is 25.9 Å². The van der Waals surface area contributed by atoms with Crippen molar-refractivity contribution >= 4 is 11.6 Å². The molecule has 7 heteroatoms. The van der Waals surface area contributed by atoms with Crippen molar-refractivity contribution in [3.63, 3.8) is 0 Å². The Morgan fingerprint density at radius 2 is 2.38 bits per heavy atom. The van der Waals surface area contributed by atoms with E-state index in [1.807, 2.05) is 13.8 Å². The number of nitrogens with zero attached hydrogens (tertiary/aromatic N) is 2. The summed E-state index contributed by atoms with van der Waals surface area (Å²) in [5.41, 5.74) is 0.300. The van der Waals surface area contributed by atoms with Gasteiger partial charge in [0.05, 0.1) is 11.1 Å². The minimum atomic E-state index is -0.472. The maximum absolute atomic E-state index is 12.3. The Morgan fingerprint density at radius 3 is 2.95 bits per heavy atom. The molecule has 7 nitrogen and oxygen atoms in total. The molecule has 0 aliphatic carbocycles. The van der Waals surface area contributed by atoms with Crippen molar-refractivity contribution < 1.29 is 9.72 Å². The summed E-state index contributed by atoms with van der Waals surface area (Å²) in [5.74, 6) is 0.183. The summed E-state index contributed by atoms with van der Waals surface area (Å²) in [6.07, 6.45) is 3.63. The highest BCUT2D eigenvalue weighted by Gasteiger charge is 2.21. The summed E-state index contributed by atoms with van der Waals surface area (Å²) in [6, 6.07) is 1.34. The molecule has 0 radical (unpaired) electrons. The molecular formula is C14H22N4O3. The predicted octanol–water partition coefficient (Wildman–Crippen LogP) is 1.71. The fourth-order valence-corrected chi connectivity index (χ4v) is 2.60. The fourth-order valence-electron chi connectivity index (χ4n) is 2.60. The predicted molar refractivity (Wildman–Crippen MR) is 79.4 cm³/mol. The second kappa shape index (κ2) is 6.71. The first kappa shape index (κ1) is 15.5. The highest BCUT2D eigenvalue weighted by atomic mass is 16.6. The van der Waals surface area contributed by atoms with E-state index in [9.17, 15) is 14.9 Å². The Balaban J connectivity index is 2.05. The van der Waals surface area contributed by atoms with Crippen LogP contribution in [0.2, 0.25) is 0 Å². The van der Waals surface area contributed by atoms with E-state index in [1.165, 1.54) is 12.3 Å². The molecule has 0 saturated carbocycles. The smallest absolute Gasteiger partial charge is 0.287 e. The van der Waals surface area contributed by atoms with E-state index in [2.05, 4.69) is 10.6 Å². The molecule has 2 N–H and O–H groups in total. The van der Waals surface area contributed by atoms with Crippen LogP contribution in [0, 0.1) is 16.0 Å². The van der Waals surface area contributed by atoms with Gasteiger partial charge in [-0.3, -0.25) is 14.9 Å². The lowest BCUT2D eigenvalue weighted by molar-refractivity contribution is -0.384. The fraction of sp³-hybridized carbons (Fsp3) is 0.643. The second-order valence-corrected chi connectivity index (χ2v) is 5.76. The summed E-state index contributed by atoms with van der Waals surface area (Å²) < 4.78 is 1.65. The zero-order valence-corrected chi connectivity index (χ0v) is 12.5. The van der Waals surface area contributed by atoms with Crippen molar-refractivity contribution in [1.82, 2.24) is 15.2 Å². The molecule has 116 valence electrons. The van der Waals surface area contributed by atoms with Gasteiger partial charge in [-0.05, 0) is 45.7 Å². The number of rotatable bonds is 5. The minimum Gasteiger partial charge on any atom is -0.350 e. The molecule has 1 amide bonds. The molecule has 1 aliphatic heterocycles. The molecule has 21 heavy (non-hydrogen) atoms. The van der Waals surface area contributed by atoms with Gasteiger partial charge in [0, 0.05) is 18.7 Å². The number of hydrogen-bond donors (Lipinski definition) is 2. The van der Waals surface area contributed by atoms with Gasteiger partial charge in [0.25, 0.3) is 11.6 Å². The highest BCUT2D eigenvalue weighted by molar-refractivity contribution is 5.93. The Hall–Kier alpha value is -1.89. The molecule has 1 aromatic heterocycles. The van der Waals surface area contributed by atoms with E-state index >= 15 is 0 Å². The van der Waals surface area contributed by atoms with Crippen LogP contribution in [0.4, 0.5) is 5.69 Å². The minimum absolute atomic E-state index is 0.00389. The number of piperidine rings is 1. The maximum Gasteiger partial charge on any atom is 0.287 e. The van der Waals surface area contributed by atoms with Crippen molar-refractivity contribution in [2.75, 3.05) is 19.6 Å². The Morgan fingerprint density at radius 1 is 1.62 bits per heavy atom. The van der Waals surface area contributed by atoms with Gasteiger partial charge >= 0.3 is 0 Å². The monoisotopic (exact) mass is 294 g/mol. The van der Waals surface area contributed by atoms with Gasteiger partial charge in [0.15, 0.2) is 0 Å². The quantitative estimate of drug-likeness (QED) is 0.639. The van der Waals surface area contributed by atoms with Gasteiger partial charge in [-0.2, -0.15) is 0 Å². The zero-order chi connectivity index (χ0) is 15.4. The number of carbonyl (C=O) groups is 1. The summed E-state index contributed by atoms with van der Waals surface area (Å²) in [5, 5.41) is 17.1. The lowest BCUT2D eigenvalue weighted by atomic mass is 10.00. The van der Waals surface area contributed by atoms with E-state index in [0.29, 0.717) is 18.2 Å². The number of amides is 1. The molecule has 2 heterocycles. The van der Waals surface area contributed by atoms with Crippen LogP contribution >= 0.6 is 0 Å². The standard InChI is InChI=1S/C14H22N4O3/c1-10(2)17-9-12(18(20)21)6-13(17)14(19)16-8-11-4-3-5-15-7-11/h6,9-11,15H,3-5,7-8H2,1-2H3,(H,16,19). The van der Waals surface area contributed by atoms with Gasteiger partial charge < -0.3 is 15.2 Å². The van der Waals surface area contributed by atoms with Crippen LogP contribution < -0.4 is 10.6 Å². The van der Waals surface area contributed by atoms with Crippen LogP contribution in [0.25, 0.3) is 0 Å². The molecule has 1 aliphatic rings. The van der Waals surface area contributed by atoms with Crippen molar-refractivity contribution in [3.8, 4) is 0 Å². The summed E-state index contributed by atoms with van der Waals surface area (Å²) >= 11 is 0. The Kier molecular flexibility index (Phi) is 4.95. The normalized spacial score (nSPS) is 18.7. The first-order valence-corrected chi connectivity index (χ1v) is 7.34. The highest BCUT2D eigenvalue weighted by Crippen LogP contribution is 2.20. The third kappa shape index (κ3) is 3.81. The van der Waals surface area contributed by atoms with Crippen LogP contribution in [0.5, 0.6) is 0 Å². The SMILES string of the molecule is CC(C)n1cc([N+](=O)[O-])cc1C(=O)NCC1CCCNC1. The van der Waals surface area contributed by atoms with E-state index < -0.39 is 4.92 Å². The molecule has 1 saturated heterocycles. The molecule has 1 atom stereocenters. The molecule has 0 bridgehead atoms. The van der Waals surface area contributed by atoms with Crippen molar-refractivity contribution in [2.45, 2.75) is 32.7 Å².